The molecule has 0 aromatic rings. The molecule has 2 aliphatic carbocycles. The number of rotatable bonds is 6. The molecule has 1 heteroatoms. The van der Waals surface area contributed by atoms with Crippen LogP contribution in [0.1, 0.15) is 91.9 Å². The molecule has 2 fully saturated rings. The molecule has 0 radical (unpaired) electrons. The van der Waals surface area contributed by atoms with Crippen LogP contribution in [0, 0.1) is 22.7 Å². The summed E-state index contributed by atoms with van der Waals surface area (Å²) in [7, 11) is 0. The molecular weight excluding hydrogens is 254 g/mol. The molecule has 0 bridgehead atoms. The predicted octanol–water partition coefficient (Wildman–Crippen LogP) is 5.79. The van der Waals surface area contributed by atoms with Gasteiger partial charge in [0.2, 0.25) is 0 Å². The van der Waals surface area contributed by atoms with Gasteiger partial charge < -0.3 is 5.32 Å². The molecule has 0 atom stereocenters. The Kier molecular flexibility index (Phi) is 6.17. The highest BCUT2D eigenvalue weighted by atomic mass is 14.9. The molecule has 1 nitrogen and oxygen atoms in total. The van der Waals surface area contributed by atoms with E-state index in [9.17, 15) is 0 Å². The van der Waals surface area contributed by atoms with Crippen LogP contribution < -0.4 is 5.32 Å². The number of hydrogen-bond acceptors (Lipinski definition) is 1. The Morgan fingerprint density at radius 3 is 2.14 bits per heavy atom. The summed E-state index contributed by atoms with van der Waals surface area (Å²) in [6, 6.07) is 0. The average molecular weight is 294 g/mol. The van der Waals surface area contributed by atoms with E-state index in [4.69, 9.17) is 0 Å². The molecule has 0 saturated heterocycles. The molecule has 1 N–H and O–H groups in total. The Labute approximate surface area is 133 Å². The van der Waals surface area contributed by atoms with Crippen molar-refractivity contribution in [1.82, 2.24) is 5.32 Å². The third-order valence-electron chi connectivity index (χ3n) is 6.39. The van der Waals surface area contributed by atoms with Gasteiger partial charge in [0.05, 0.1) is 0 Å². The van der Waals surface area contributed by atoms with Crippen LogP contribution in [0.25, 0.3) is 0 Å². The van der Waals surface area contributed by atoms with E-state index in [-0.39, 0.29) is 0 Å². The third-order valence-corrected chi connectivity index (χ3v) is 6.39. The molecule has 21 heavy (non-hydrogen) atoms. The normalized spacial score (nSPS) is 31.7. The maximum Gasteiger partial charge on any atom is 0.000791 e. The molecule has 2 aliphatic rings. The zero-order chi connectivity index (χ0) is 15.3. The summed E-state index contributed by atoms with van der Waals surface area (Å²) in [5.41, 5.74) is 1.14. The van der Waals surface area contributed by atoms with Crippen molar-refractivity contribution in [1.29, 1.82) is 0 Å². The van der Waals surface area contributed by atoms with Crippen molar-refractivity contribution in [2.45, 2.75) is 91.9 Å². The lowest BCUT2D eigenvalue weighted by Crippen LogP contribution is -2.41. The first-order valence-corrected chi connectivity index (χ1v) is 9.66. The average Bonchev–Trinajstić information content (AvgIpc) is 2.91. The lowest BCUT2D eigenvalue weighted by Gasteiger charge is -2.45. The fourth-order valence-electron chi connectivity index (χ4n) is 4.91. The molecule has 0 spiro atoms. The van der Waals surface area contributed by atoms with Crippen LogP contribution >= 0.6 is 0 Å². The molecule has 124 valence electrons. The van der Waals surface area contributed by atoms with Crippen LogP contribution in [0.5, 0.6) is 0 Å². The SMILES string of the molecule is CCCNCC1(CC2CCCC2)CCC(C(C)(C)C)CC1. The van der Waals surface area contributed by atoms with E-state index in [1.807, 2.05) is 0 Å². The van der Waals surface area contributed by atoms with E-state index in [1.165, 1.54) is 77.3 Å². The van der Waals surface area contributed by atoms with E-state index < -0.39 is 0 Å². The fourth-order valence-corrected chi connectivity index (χ4v) is 4.91. The Bertz CT molecular complexity index is 287. The summed E-state index contributed by atoms with van der Waals surface area (Å²) in [5, 5.41) is 3.77. The second-order valence-corrected chi connectivity index (χ2v) is 9.17. The quantitative estimate of drug-likeness (QED) is 0.611. The van der Waals surface area contributed by atoms with Crippen LogP contribution in [0.15, 0.2) is 0 Å². The maximum atomic E-state index is 3.77. The van der Waals surface area contributed by atoms with E-state index in [1.54, 1.807) is 0 Å². The topological polar surface area (TPSA) is 12.0 Å². The largest absolute Gasteiger partial charge is 0.316 e. The molecule has 0 unspecified atom stereocenters. The van der Waals surface area contributed by atoms with Crippen molar-refractivity contribution in [2.24, 2.45) is 22.7 Å². The molecule has 0 aromatic heterocycles. The summed E-state index contributed by atoms with van der Waals surface area (Å²) in [6.07, 6.45) is 14.7. The van der Waals surface area contributed by atoms with Gasteiger partial charge in [0.1, 0.15) is 0 Å². The molecule has 0 amide bonds. The summed E-state index contributed by atoms with van der Waals surface area (Å²) >= 11 is 0. The van der Waals surface area contributed by atoms with Gasteiger partial charge in [-0.1, -0.05) is 53.4 Å². The van der Waals surface area contributed by atoms with E-state index in [0.29, 0.717) is 10.8 Å². The summed E-state index contributed by atoms with van der Waals surface area (Å²) < 4.78 is 0. The zero-order valence-electron chi connectivity index (χ0n) is 15.1. The minimum atomic E-state index is 0.510. The fraction of sp³-hybridized carbons (Fsp3) is 1.00. The van der Waals surface area contributed by atoms with Crippen LogP contribution in [-0.4, -0.2) is 13.1 Å². The molecular formula is C20H39N. The highest BCUT2D eigenvalue weighted by Gasteiger charge is 2.40. The minimum absolute atomic E-state index is 0.510. The lowest BCUT2D eigenvalue weighted by atomic mass is 9.61. The van der Waals surface area contributed by atoms with Crippen LogP contribution in [0.2, 0.25) is 0 Å². The van der Waals surface area contributed by atoms with Gasteiger partial charge in [-0.05, 0) is 67.7 Å². The first kappa shape index (κ1) is 17.3. The number of hydrogen-bond donors (Lipinski definition) is 1. The van der Waals surface area contributed by atoms with Crippen LogP contribution in [-0.2, 0) is 0 Å². The van der Waals surface area contributed by atoms with Gasteiger partial charge in [-0.2, -0.15) is 0 Å². The Hall–Kier alpha value is -0.0400. The van der Waals surface area contributed by atoms with Gasteiger partial charge in [0.15, 0.2) is 0 Å². The monoisotopic (exact) mass is 293 g/mol. The first-order chi connectivity index (χ1) is 9.95. The Morgan fingerprint density at radius 2 is 1.62 bits per heavy atom. The minimum Gasteiger partial charge on any atom is -0.316 e. The molecule has 0 heterocycles. The smallest absolute Gasteiger partial charge is 0.000791 e. The van der Waals surface area contributed by atoms with Crippen molar-refractivity contribution in [2.75, 3.05) is 13.1 Å². The van der Waals surface area contributed by atoms with Gasteiger partial charge >= 0.3 is 0 Å². The van der Waals surface area contributed by atoms with Crippen molar-refractivity contribution < 1.29 is 0 Å². The van der Waals surface area contributed by atoms with Crippen molar-refractivity contribution in [3.8, 4) is 0 Å². The molecule has 2 rings (SSSR count). The van der Waals surface area contributed by atoms with Crippen LogP contribution in [0.3, 0.4) is 0 Å². The number of nitrogens with one attached hydrogen (secondary N) is 1. The van der Waals surface area contributed by atoms with Gasteiger partial charge in [-0.3, -0.25) is 0 Å². The Balaban J connectivity index is 1.93. The van der Waals surface area contributed by atoms with Crippen LogP contribution in [0.4, 0.5) is 0 Å². The maximum absolute atomic E-state index is 3.77. The van der Waals surface area contributed by atoms with E-state index >= 15 is 0 Å². The summed E-state index contributed by atoms with van der Waals surface area (Å²) in [5.74, 6) is 1.99. The van der Waals surface area contributed by atoms with Gasteiger partial charge in [-0.15, -0.1) is 0 Å². The highest BCUT2D eigenvalue weighted by Crippen LogP contribution is 2.49. The van der Waals surface area contributed by atoms with Gasteiger partial charge in [-0.25, -0.2) is 0 Å². The van der Waals surface area contributed by atoms with Crippen molar-refractivity contribution in [3.63, 3.8) is 0 Å². The summed E-state index contributed by atoms with van der Waals surface area (Å²) in [6.45, 7) is 12.1. The molecule has 2 saturated carbocycles. The third kappa shape index (κ3) is 4.98. The van der Waals surface area contributed by atoms with E-state index in [0.717, 1.165) is 11.8 Å². The summed E-state index contributed by atoms with van der Waals surface area (Å²) in [4.78, 5) is 0. The van der Waals surface area contributed by atoms with Crippen molar-refractivity contribution in [3.05, 3.63) is 0 Å². The van der Waals surface area contributed by atoms with Gasteiger partial charge in [0, 0.05) is 6.54 Å². The molecule has 0 aromatic carbocycles. The second-order valence-electron chi connectivity index (χ2n) is 9.17. The van der Waals surface area contributed by atoms with Gasteiger partial charge in [0.25, 0.3) is 0 Å². The zero-order valence-corrected chi connectivity index (χ0v) is 15.1. The highest BCUT2D eigenvalue weighted by molar-refractivity contribution is 4.92. The first-order valence-electron chi connectivity index (χ1n) is 9.66. The lowest BCUT2D eigenvalue weighted by molar-refractivity contribution is 0.0669. The van der Waals surface area contributed by atoms with E-state index in [2.05, 4.69) is 33.0 Å². The standard InChI is InChI=1S/C20H39N/c1-5-14-21-16-20(15-17-8-6-7-9-17)12-10-18(11-13-20)19(2,3)4/h17-18,21H,5-16H2,1-4H3. The second kappa shape index (κ2) is 7.49. The Morgan fingerprint density at radius 1 is 1.00 bits per heavy atom. The molecule has 0 aliphatic heterocycles. The predicted molar refractivity (Wildman–Crippen MR) is 93.6 cm³/mol. The van der Waals surface area contributed by atoms with Crippen molar-refractivity contribution >= 4 is 0 Å².